The van der Waals surface area contributed by atoms with Crippen LogP contribution in [0.5, 0.6) is 0 Å². The molecule has 124 valence electrons. The molecule has 0 spiro atoms. The molecular weight excluding hydrogens is 284 g/mol. The van der Waals surface area contributed by atoms with Gasteiger partial charge in [-0.05, 0) is 74.2 Å². The third kappa shape index (κ3) is 3.30. The molecule has 1 amide bonds. The fourth-order valence-electron chi connectivity index (χ4n) is 4.76. The van der Waals surface area contributed by atoms with Gasteiger partial charge < -0.3 is 10.2 Å². The molecule has 0 saturated carbocycles. The van der Waals surface area contributed by atoms with E-state index in [1.807, 2.05) is 0 Å². The van der Waals surface area contributed by atoms with E-state index in [0.29, 0.717) is 18.4 Å². The fraction of sp³-hybridized carbons (Fsp3) is 0.650. The molecule has 2 bridgehead atoms. The molecule has 23 heavy (non-hydrogen) atoms. The first-order valence-corrected chi connectivity index (χ1v) is 9.41. The van der Waals surface area contributed by atoms with E-state index >= 15 is 0 Å². The van der Waals surface area contributed by atoms with E-state index in [1.165, 1.54) is 68.3 Å². The minimum Gasteiger partial charge on any atom is -0.352 e. The maximum atomic E-state index is 12.6. The quantitative estimate of drug-likeness (QED) is 0.871. The number of nitrogens with one attached hydrogen (secondary N) is 1. The van der Waals surface area contributed by atoms with Crippen molar-refractivity contribution in [3.8, 4) is 0 Å². The Balaban J connectivity index is 1.43. The molecule has 3 nitrogen and oxygen atoms in total. The van der Waals surface area contributed by atoms with E-state index in [4.69, 9.17) is 0 Å². The molecule has 5 rings (SSSR count). The Kier molecular flexibility index (Phi) is 4.39. The van der Waals surface area contributed by atoms with Crippen LogP contribution in [0.2, 0.25) is 0 Å². The zero-order valence-electron chi connectivity index (χ0n) is 14.0. The average Bonchev–Trinajstić information content (AvgIpc) is 2.82. The predicted octanol–water partition coefficient (Wildman–Crippen LogP) is 2.71. The number of aryl methyl sites for hydroxylation is 1. The number of piperidine rings is 3. The second-order valence-corrected chi connectivity index (χ2v) is 7.60. The van der Waals surface area contributed by atoms with Crippen LogP contribution in [-0.4, -0.2) is 36.5 Å². The van der Waals surface area contributed by atoms with E-state index < -0.39 is 0 Å². The zero-order valence-corrected chi connectivity index (χ0v) is 14.0. The normalized spacial score (nSPS) is 29.7. The highest BCUT2D eigenvalue weighted by molar-refractivity contribution is 5.79. The SMILES string of the molecule is O=C(Cc1cccc2c1CCCCC2)NC1CN2CCC1CC2. The summed E-state index contributed by atoms with van der Waals surface area (Å²) in [4.78, 5) is 15.1. The third-order valence-electron chi connectivity index (χ3n) is 6.10. The monoisotopic (exact) mass is 312 g/mol. The molecule has 3 aliphatic heterocycles. The van der Waals surface area contributed by atoms with Crippen molar-refractivity contribution >= 4 is 5.91 Å². The maximum Gasteiger partial charge on any atom is 0.224 e. The van der Waals surface area contributed by atoms with E-state index in [1.54, 1.807) is 0 Å². The van der Waals surface area contributed by atoms with Crippen molar-refractivity contribution in [1.82, 2.24) is 10.2 Å². The van der Waals surface area contributed by atoms with Crippen LogP contribution < -0.4 is 5.32 Å². The van der Waals surface area contributed by atoms with Gasteiger partial charge in [0.2, 0.25) is 5.91 Å². The molecule has 4 aliphatic rings. The number of fused-ring (bicyclic) bond motifs is 4. The molecule has 3 fully saturated rings. The maximum absolute atomic E-state index is 12.6. The van der Waals surface area contributed by atoms with E-state index in [9.17, 15) is 4.79 Å². The summed E-state index contributed by atoms with van der Waals surface area (Å²) in [6, 6.07) is 6.95. The first-order valence-electron chi connectivity index (χ1n) is 9.41. The van der Waals surface area contributed by atoms with Crippen molar-refractivity contribution in [3.63, 3.8) is 0 Å². The van der Waals surface area contributed by atoms with Gasteiger partial charge in [0.05, 0.1) is 6.42 Å². The molecule has 1 aliphatic carbocycles. The number of hydrogen-bond acceptors (Lipinski definition) is 2. The van der Waals surface area contributed by atoms with E-state index in [0.717, 1.165) is 13.0 Å². The fourth-order valence-corrected chi connectivity index (χ4v) is 4.76. The Morgan fingerprint density at radius 1 is 1.13 bits per heavy atom. The van der Waals surface area contributed by atoms with Crippen LogP contribution >= 0.6 is 0 Å². The average molecular weight is 312 g/mol. The Labute approximate surface area is 139 Å². The van der Waals surface area contributed by atoms with Gasteiger partial charge in [-0.1, -0.05) is 24.6 Å². The summed E-state index contributed by atoms with van der Waals surface area (Å²) >= 11 is 0. The highest BCUT2D eigenvalue weighted by Gasteiger charge is 2.34. The second kappa shape index (κ2) is 6.64. The molecule has 0 aromatic heterocycles. The summed E-state index contributed by atoms with van der Waals surface area (Å²) < 4.78 is 0. The van der Waals surface area contributed by atoms with Gasteiger partial charge in [0, 0.05) is 12.6 Å². The highest BCUT2D eigenvalue weighted by Crippen LogP contribution is 2.28. The lowest BCUT2D eigenvalue weighted by molar-refractivity contribution is -0.122. The summed E-state index contributed by atoms with van der Waals surface area (Å²) in [5, 5.41) is 3.34. The first-order chi connectivity index (χ1) is 11.3. The van der Waals surface area contributed by atoms with Crippen LogP contribution in [0.3, 0.4) is 0 Å². The first kappa shape index (κ1) is 15.2. The third-order valence-corrected chi connectivity index (χ3v) is 6.10. The van der Waals surface area contributed by atoms with Gasteiger partial charge in [-0.2, -0.15) is 0 Å². The highest BCUT2D eigenvalue weighted by atomic mass is 16.1. The number of carbonyl (C=O) groups excluding carboxylic acids is 1. The lowest BCUT2D eigenvalue weighted by Crippen LogP contribution is -2.57. The topological polar surface area (TPSA) is 32.3 Å². The summed E-state index contributed by atoms with van der Waals surface area (Å²) in [7, 11) is 0. The molecule has 3 heterocycles. The standard InChI is InChI=1S/C20H28N2O/c23-20(21-19-14-22-11-9-16(19)10-12-22)13-17-7-4-6-15-5-2-1-3-8-18(15)17/h4,6-7,16,19H,1-3,5,8-14H2,(H,21,23). The number of benzene rings is 1. The smallest absolute Gasteiger partial charge is 0.224 e. The van der Waals surface area contributed by atoms with Gasteiger partial charge in [-0.15, -0.1) is 0 Å². The van der Waals surface area contributed by atoms with Gasteiger partial charge in [0.15, 0.2) is 0 Å². The molecule has 1 aromatic carbocycles. The van der Waals surface area contributed by atoms with Crippen molar-refractivity contribution in [1.29, 1.82) is 0 Å². The molecule has 3 heteroatoms. The molecule has 1 aromatic rings. The molecular formula is C20H28N2O. The summed E-state index contributed by atoms with van der Waals surface area (Å²) in [5.41, 5.74) is 4.22. The summed E-state index contributed by atoms with van der Waals surface area (Å²) in [6.07, 6.45) is 9.29. The van der Waals surface area contributed by atoms with Crippen LogP contribution in [0.1, 0.15) is 48.8 Å². The van der Waals surface area contributed by atoms with Crippen molar-refractivity contribution in [2.45, 2.75) is 57.4 Å². The lowest BCUT2D eigenvalue weighted by Gasteiger charge is -2.45. The molecule has 1 N–H and O–H groups in total. The molecule has 1 atom stereocenters. The molecule has 0 radical (unpaired) electrons. The van der Waals surface area contributed by atoms with Crippen LogP contribution in [0.4, 0.5) is 0 Å². The number of nitrogens with zero attached hydrogens (tertiary/aromatic N) is 1. The van der Waals surface area contributed by atoms with Crippen molar-refractivity contribution in [2.24, 2.45) is 5.92 Å². The van der Waals surface area contributed by atoms with Gasteiger partial charge in [-0.3, -0.25) is 4.79 Å². The van der Waals surface area contributed by atoms with E-state index in [-0.39, 0.29) is 5.91 Å². The largest absolute Gasteiger partial charge is 0.352 e. The predicted molar refractivity (Wildman–Crippen MR) is 92.5 cm³/mol. The van der Waals surface area contributed by atoms with Gasteiger partial charge in [-0.25, -0.2) is 0 Å². The van der Waals surface area contributed by atoms with Crippen LogP contribution in [0.15, 0.2) is 18.2 Å². The van der Waals surface area contributed by atoms with E-state index in [2.05, 4.69) is 28.4 Å². The Morgan fingerprint density at radius 2 is 1.96 bits per heavy atom. The minimum atomic E-state index is 0.224. The molecule has 3 saturated heterocycles. The van der Waals surface area contributed by atoms with Gasteiger partial charge in [0.1, 0.15) is 0 Å². The van der Waals surface area contributed by atoms with Gasteiger partial charge >= 0.3 is 0 Å². The number of hydrogen-bond donors (Lipinski definition) is 1. The van der Waals surface area contributed by atoms with Crippen molar-refractivity contribution in [3.05, 3.63) is 34.9 Å². The lowest BCUT2D eigenvalue weighted by atomic mass is 9.84. The number of carbonyl (C=O) groups is 1. The summed E-state index contributed by atoms with van der Waals surface area (Å²) in [5.74, 6) is 0.929. The van der Waals surface area contributed by atoms with Crippen LogP contribution in [0, 0.1) is 5.92 Å². The minimum absolute atomic E-state index is 0.224. The van der Waals surface area contributed by atoms with Crippen molar-refractivity contribution < 1.29 is 4.79 Å². The second-order valence-electron chi connectivity index (χ2n) is 7.60. The zero-order chi connectivity index (χ0) is 15.6. The summed E-state index contributed by atoms with van der Waals surface area (Å²) in [6.45, 7) is 3.51. The number of amides is 1. The number of rotatable bonds is 3. The van der Waals surface area contributed by atoms with Crippen LogP contribution in [-0.2, 0) is 24.1 Å². The van der Waals surface area contributed by atoms with Gasteiger partial charge in [0.25, 0.3) is 0 Å². The Morgan fingerprint density at radius 3 is 2.74 bits per heavy atom. The van der Waals surface area contributed by atoms with Crippen molar-refractivity contribution in [2.75, 3.05) is 19.6 Å². The van der Waals surface area contributed by atoms with Crippen LogP contribution in [0.25, 0.3) is 0 Å². The molecule has 1 unspecified atom stereocenters. The Bertz CT molecular complexity index is 575. The Hall–Kier alpha value is -1.35.